The molecule has 4 rings (SSSR count). The van der Waals surface area contributed by atoms with Crippen molar-refractivity contribution in [3.8, 4) is 0 Å². The summed E-state index contributed by atoms with van der Waals surface area (Å²) in [4.78, 5) is 34.4. The molecule has 1 atom stereocenters. The first-order valence-electron chi connectivity index (χ1n) is 9.35. The van der Waals surface area contributed by atoms with Gasteiger partial charge >= 0.3 is 6.09 Å². The SMILES string of the molecule is Cc1nc(C2CCCN(OC(=O)NC(C)C)C2)c2c(cnc3[nH]ccc32)n1. The van der Waals surface area contributed by atoms with E-state index in [1.54, 1.807) is 11.3 Å². The zero-order chi connectivity index (χ0) is 19.0. The fraction of sp³-hybridized carbons (Fsp3) is 0.474. The average molecular weight is 368 g/mol. The maximum absolute atomic E-state index is 12.0. The summed E-state index contributed by atoms with van der Waals surface area (Å²) >= 11 is 0. The minimum Gasteiger partial charge on any atom is -0.351 e. The molecule has 0 saturated carbocycles. The topological polar surface area (TPSA) is 96.0 Å². The van der Waals surface area contributed by atoms with Crippen LogP contribution in [-0.2, 0) is 4.84 Å². The number of amides is 1. The lowest BCUT2D eigenvalue weighted by Gasteiger charge is -2.31. The molecule has 3 aromatic heterocycles. The number of pyridine rings is 1. The van der Waals surface area contributed by atoms with E-state index in [0.717, 1.165) is 52.8 Å². The Balaban J connectivity index is 1.67. The van der Waals surface area contributed by atoms with E-state index in [-0.39, 0.29) is 12.0 Å². The highest BCUT2D eigenvalue weighted by atomic mass is 16.7. The minimum atomic E-state index is -0.411. The van der Waals surface area contributed by atoms with Gasteiger partial charge in [-0.3, -0.25) is 0 Å². The maximum atomic E-state index is 12.0. The summed E-state index contributed by atoms with van der Waals surface area (Å²) in [7, 11) is 0. The number of carbonyl (C=O) groups excluding carboxylic acids is 1. The number of hydrogen-bond donors (Lipinski definition) is 2. The maximum Gasteiger partial charge on any atom is 0.426 e. The lowest BCUT2D eigenvalue weighted by Crippen LogP contribution is -2.41. The Morgan fingerprint density at radius 3 is 3.07 bits per heavy atom. The lowest BCUT2D eigenvalue weighted by atomic mass is 9.92. The number of hydroxylamine groups is 2. The van der Waals surface area contributed by atoms with Gasteiger partial charge in [0.15, 0.2) is 0 Å². The summed E-state index contributed by atoms with van der Waals surface area (Å²) in [6.07, 6.45) is 5.19. The molecule has 1 amide bonds. The van der Waals surface area contributed by atoms with Gasteiger partial charge in [0.25, 0.3) is 0 Å². The van der Waals surface area contributed by atoms with Crippen LogP contribution in [-0.4, -0.2) is 50.2 Å². The first kappa shape index (κ1) is 17.7. The smallest absolute Gasteiger partial charge is 0.351 e. The highest BCUT2D eigenvalue weighted by Crippen LogP contribution is 2.33. The van der Waals surface area contributed by atoms with E-state index in [9.17, 15) is 4.79 Å². The molecule has 0 spiro atoms. The van der Waals surface area contributed by atoms with Crippen molar-refractivity contribution >= 4 is 28.0 Å². The van der Waals surface area contributed by atoms with E-state index in [2.05, 4.69) is 20.3 Å². The number of rotatable bonds is 3. The number of hydrogen-bond acceptors (Lipinski definition) is 6. The van der Waals surface area contributed by atoms with Crippen molar-refractivity contribution in [2.24, 2.45) is 0 Å². The number of H-pyrrole nitrogens is 1. The molecule has 0 bridgehead atoms. The van der Waals surface area contributed by atoms with Crippen LogP contribution in [0.15, 0.2) is 18.5 Å². The molecule has 8 heteroatoms. The first-order chi connectivity index (χ1) is 13.0. The summed E-state index contributed by atoms with van der Waals surface area (Å²) in [5, 5.41) is 6.56. The summed E-state index contributed by atoms with van der Waals surface area (Å²) in [6.45, 7) is 7.06. The second kappa shape index (κ2) is 7.11. The summed E-state index contributed by atoms with van der Waals surface area (Å²) < 4.78 is 0. The van der Waals surface area contributed by atoms with Crippen LogP contribution >= 0.6 is 0 Å². The van der Waals surface area contributed by atoms with Gasteiger partial charge in [-0.1, -0.05) is 0 Å². The molecule has 1 fully saturated rings. The summed E-state index contributed by atoms with van der Waals surface area (Å²) in [5.41, 5.74) is 2.68. The molecule has 1 aliphatic rings. The average Bonchev–Trinajstić information content (AvgIpc) is 3.09. The zero-order valence-corrected chi connectivity index (χ0v) is 15.8. The van der Waals surface area contributed by atoms with Gasteiger partial charge in [0.1, 0.15) is 11.5 Å². The number of nitrogens with one attached hydrogen (secondary N) is 2. The van der Waals surface area contributed by atoms with Crippen LogP contribution in [0.2, 0.25) is 0 Å². The van der Waals surface area contributed by atoms with Crippen LogP contribution in [0.25, 0.3) is 21.9 Å². The zero-order valence-electron chi connectivity index (χ0n) is 15.8. The fourth-order valence-corrected chi connectivity index (χ4v) is 3.70. The van der Waals surface area contributed by atoms with E-state index >= 15 is 0 Å². The van der Waals surface area contributed by atoms with Crippen LogP contribution in [0.4, 0.5) is 4.79 Å². The molecule has 0 radical (unpaired) electrons. The third kappa shape index (κ3) is 3.57. The predicted octanol–water partition coefficient (Wildman–Crippen LogP) is 3.04. The second-order valence-electron chi connectivity index (χ2n) is 7.32. The molecule has 4 heterocycles. The quantitative estimate of drug-likeness (QED) is 0.738. The number of aromatic nitrogens is 4. The summed E-state index contributed by atoms with van der Waals surface area (Å²) in [6, 6.07) is 2.06. The van der Waals surface area contributed by atoms with Crippen LogP contribution in [0.1, 0.15) is 44.1 Å². The van der Waals surface area contributed by atoms with Gasteiger partial charge in [-0.25, -0.2) is 19.7 Å². The van der Waals surface area contributed by atoms with E-state index in [1.165, 1.54) is 0 Å². The van der Waals surface area contributed by atoms with Crippen molar-refractivity contribution in [3.05, 3.63) is 30.0 Å². The van der Waals surface area contributed by atoms with Crippen LogP contribution in [0.5, 0.6) is 0 Å². The number of aromatic amines is 1. The van der Waals surface area contributed by atoms with Gasteiger partial charge in [-0.2, -0.15) is 0 Å². The van der Waals surface area contributed by atoms with Gasteiger partial charge < -0.3 is 15.1 Å². The molecule has 1 saturated heterocycles. The highest BCUT2D eigenvalue weighted by Gasteiger charge is 2.28. The minimum absolute atomic E-state index is 0.0425. The number of aryl methyl sites for hydroxylation is 1. The van der Waals surface area contributed by atoms with Crippen molar-refractivity contribution in [1.82, 2.24) is 30.3 Å². The first-order valence-corrected chi connectivity index (χ1v) is 9.35. The molecule has 0 aromatic carbocycles. The van der Waals surface area contributed by atoms with Crippen LogP contribution in [0, 0.1) is 6.92 Å². The molecule has 2 N–H and O–H groups in total. The van der Waals surface area contributed by atoms with E-state index in [1.807, 2.05) is 33.0 Å². The van der Waals surface area contributed by atoms with Crippen molar-refractivity contribution in [2.75, 3.05) is 13.1 Å². The number of carbonyl (C=O) groups is 1. The molecule has 142 valence electrons. The second-order valence-corrected chi connectivity index (χ2v) is 7.32. The van der Waals surface area contributed by atoms with Crippen molar-refractivity contribution in [1.29, 1.82) is 0 Å². The fourth-order valence-electron chi connectivity index (χ4n) is 3.70. The van der Waals surface area contributed by atoms with E-state index in [0.29, 0.717) is 6.54 Å². The molecule has 0 aliphatic carbocycles. The Bertz CT molecular complexity index is 983. The molecular formula is C19H24N6O2. The Kier molecular flexibility index (Phi) is 4.65. The summed E-state index contributed by atoms with van der Waals surface area (Å²) in [5.74, 6) is 0.889. The molecule has 3 aromatic rings. The Hall–Kier alpha value is -2.74. The third-order valence-corrected chi connectivity index (χ3v) is 4.78. The number of piperidine rings is 1. The monoisotopic (exact) mass is 368 g/mol. The highest BCUT2D eigenvalue weighted by molar-refractivity contribution is 6.04. The number of nitrogens with zero attached hydrogens (tertiary/aromatic N) is 4. The van der Waals surface area contributed by atoms with Crippen LogP contribution in [0.3, 0.4) is 0 Å². The third-order valence-electron chi connectivity index (χ3n) is 4.78. The lowest BCUT2D eigenvalue weighted by molar-refractivity contribution is -0.116. The number of fused-ring (bicyclic) bond motifs is 3. The molecule has 8 nitrogen and oxygen atoms in total. The Morgan fingerprint density at radius 2 is 2.26 bits per heavy atom. The normalized spacial score (nSPS) is 18.3. The predicted molar refractivity (Wildman–Crippen MR) is 102 cm³/mol. The van der Waals surface area contributed by atoms with Crippen LogP contribution < -0.4 is 5.32 Å². The largest absolute Gasteiger partial charge is 0.426 e. The standard InChI is InChI=1S/C19H24N6O2/c1-11(2)22-19(26)27-25-8-4-5-13(10-25)17-16-14-6-7-20-18(14)21-9-15(16)23-12(3)24-17/h6-7,9,11,13H,4-5,8,10H2,1-3H3,(H,20,21)(H,22,26). The van der Waals surface area contributed by atoms with Gasteiger partial charge in [-0.05, 0) is 39.7 Å². The Morgan fingerprint density at radius 1 is 1.41 bits per heavy atom. The molecular weight excluding hydrogens is 344 g/mol. The van der Waals surface area contributed by atoms with Gasteiger partial charge in [0, 0.05) is 42.0 Å². The molecule has 1 unspecified atom stereocenters. The molecule has 1 aliphatic heterocycles. The van der Waals surface area contributed by atoms with Crippen molar-refractivity contribution < 1.29 is 9.63 Å². The van der Waals surface area contributed by atoms with Gasteiger partial charge in [0.2, 0.25) is 0 Å². The van der Waals surface area contributed by atoms with Crippen molar-refractivity contribution in [3.63, 3.8) is 0 Å². The van der Waals surface area contributed by atoms with Gasteiger partial charge in [-0.15, -0.1) is 5.06 Å². The Labute approximate surface area is 157 Å². The van der Waals surface area contributed by atoms with Gasteiger partial charge in [0.05, 0.1) is 17.4 Å². The van der Waals surface area contributed by atoms with E-state index < -0.39 is 6.09 Å². The molecule has 27 heavy (non-hydrogen) atoms. The van der Waals surface area contributed by atoms with Crippen molar-refractivity contribution in [2.45, 2.75) is 45.6 Å². The van der Waals surface area contributed by atoms with E-state index in [4.69, 9.17) is 9.82 Å².